The highest BCUT2D eigenvalue weighted by Gasteiger charge is 2.37. The fraction of sp³-hybridized carbons (Fsp3) is 1.00. The zero-order valence-corrected chi connectivity index (χ0v) is 12.5. The molecule has 1 aliphatic heterocycles. The summed E-state index contributed by atoms with van der Waals surface area (Å²) in [7, 11) is -5.21. The average molecular weight is 286 g/mol. The molecule has 1 saturated heterocycles. The summed E-state index contributed by atoms with van der Waals surface area (Å²) in [6, 6.07) is 0. The molecule has 6 nitrogen and oxygen atoms in total. The molecule has 0 atom stereocenters. The van der Waals surface area contributed by atoms with Crippen molar-refractivity contribution >= 4 is 16.4 Å². The molecule has 1 fully saturated rings. The quantitative estimate of drug-likeness (QED) is 0.696. The second-order valence-corrected chi connectivity index (χ2v) is 7.33. The predicted molar refractivity (Wildman–Crippen MR) is 64.5 cm³/mol. The van der Waals surface area contributed by atoms with Crippen molar-refractivity contribution in [1.82, 2.24) is 0 Å². The Balaban J connectivity index is 2.49. The van der Waals surface area contributed by atoms with Crippen molar-refractivity contribution in [3.8, 4) is 0 Å². The molecule has 1 aliphatic rings. The first-order chi connectivity index (χ1) is 7.91. The monoisotopic (exact) mass is 286 g/mol. The molecule has 0 spiro atoms. The van der Waals surface area contributed by atoms with Crippen LogP contribution in [0.25, 0.3) is 0 Å². The lowest BCUT2D eigenvalue weighted by atomic mass is 9.97. The molecule has 0 amide bonds. The lowest BCUT2D eigenvalue weighted by molar-refractivity contribution is 0.0355. The minimum Gasteiger partial charge on any atom is -0.311 e. The third-order valence-corrected chi connectivity index (χ3v) is 5.02. The van der Waals surface area contributed by atoms with Gasteiger partial charge in [-0.05, 0) is 13.8 Å². The van der Waals surface area contributed by atoms with Crippen molar-refractivity contribution < 1.29 is 27.0 Å². The van der Waals surface area contributed by atoms with Crippen molar-refractivity contribution in [3.05, 3.63) is 0 Å². The van der Waals surface area contributed by atoms with Crippen LogP contribution < -0.4 is 0 Å². The van der Waals surface area contributed by atoms with Gasteiger partial charge in [0.2, 0.25) is 0 Å². The maximum Gasteiger partial charge on any atom is 0.481 e. The highest BCUT2D eigenvalue weighted by molar-refractivity contribution is 7.59. The van der Waals surface area contributed by atoms with Crippen molar-refractivity contribution in [3.63, 3.8) is 0 Å². The van der Waals surface area contributed by atoms with Crippen molar-refractivity contribution in [2.24, 2.45) is 5.41 Å². The maximum absolute atomic E-state index is 12.0. The van der Waals surface area contributed by atoms with Gasteiger partial charge in [0, 0.05) is 5.41 Å². The minimum atomic E-state index is -3.55. The van der Waals surface area contributed by atoms with Gasteiger partial charge in [0.05, 0.1) is 26.4 Å². The lowest BCUT2D eigenvalue weighted by Gasteiger charge is -2.33. The maximum atomic E-state index is 12.0. The van der Waals surface area contributed by atoms with Gasteiger partial charge in [-0.25, -0.2) is 8.88 Å². The van der Waals surface area contributed by atoms with Crippen LogP contribution in [0, 0.1) is 5.41 Å². The molecule has 1 heterocycles. The van der Waals surface area contributed by atoms with E-state index in [0.29, 0.717) is 13.2 Å². The summed E-state index contributed by atoms with van der Waals surface area (Å²) in [4.78, 5) is 0. The zero-order chi connectivity index (χ0) is 12.9. The Kier molecular flexibility index (Phi) is 6.00. The topological polar surface area (TPSA) is 63.2 Å². The number of hydrogen-bond donors (Lipinski definition) is 0. The first kappa shape index (κ1) is 15.5. The highest BCUT2D eigenvalue weighted by Crippen LogP contribution is 2.62. The Labute approximate surface area is 104 Å². The second-order valence-electron chi connectivity index (χ2n) is 4.30. The van der Waals surface area contributed by atoms with E-state index in [4.69, 9.17) is 22.4 Å². The van der Waals surface area contributed by atoms with Crippen molar-refractivity contribution in [2.75, 3.05) is 26.4 Å². The van der Waals surface area contributed by atoms with Crippen LogP contribution in [0.3, 0.4) is 0 Å². The Morgan fingerprint density at radius 2 is 1.65 bits per heavy atom. The number of phosphoric ester groups is 1. The molecule has 17 heavy (non-hydrogen) atoms. The summed E-state index contributed by atoms with van der Waals surface area (Å²) in [5, 5.41) is 0. The second kappa shape index (κ2) is 6.58. The summed E-state index contributed by atoms with van der Waals surface area (Å²) in [5.74, 6) is 0. The van der Waals surface area contributed by atoms with Crippen LogP contribution in [-0.2, 0) is 27.0 Å². The molecular formula is C9H20O6P2. The Morgan fingerprint density at radius 1 is 1.18 bits per heavy atom. The Hall–Kier alpha value is 0.460. The molecule has 0 aromatic carbocycles. The summed E-state index contributed by atoms with van der Waals surface area (Å²) >= 11 is 0. The largest absolute Gasteiger partial charge is 0.481 e. The van der Waals surface area contributed by atoms with Gasteiger partial charge in [-0.3, -0.25) is 9.05 Å². The smallest absolute Gasteiger partial charge is 0.311 e. The molecule has 102 valence electrons. The van der Waals surface area contributed by atoms with Crippen LogP contribution in [0.1, 0.15) is 27.7 Å². The highest BCUT2D eigenvalue weighted by atomic mass is 31.3. The summed E-state index contributed by atoms with van der Waals surface area (Å²) < 4.78 is 37.9. The normalized spacial score (nSPS) is 21.6. The van der Waals surface area contributed by atoms with E-state index in [1.54, 1.807) is 13.8 Å². The van der Waals surface area contributed by atoms with Gasteiger partial charge in [0.15, 0.2) is 0 Å². The van der Waals surface area contributed by atoms with Gasteiger partial charge in [-0.2, -0.15) is 0 Å². The van der Waals surface area contributed by atoms with Crippen LogP contribution in [-0.4, -0.2) is 26.4 Å². The number of hydrogen-bond acceptors (Lipinski definition) is 6. The Morgan fingerprint density at radius 3 is 2.06 bits per heavy atom. The first-order valence-electron chi connectivity index (χ1n) is 5.55. The molecule has 0 aliphatic carbocycles. The van der Waals surface area contributed by atoms with Gasteiger partial charge in [-0.1, -0.05) is 13.8 Å². The van der Waals surface area contributed by atoms with Crippen LogP contribution in [0.4, 0.5) is 0 Å². The van der Waals surface area contributed by atoms with E-state index in [1.807, 2.05) is 13.8 Å². The van der Waals surface area contributed by atoms with Gasteiger partial charge < -0.3 is 9.05 Å². The van der Waals surface area contributed by atoms with Crippen molar-refractivity contribution in [2.45, 2.75) is 27.7 Å². The molecular weight excluding hydrogens is 266 g/mol. The first-order valence-corrected chi connectivity index (χ1v) is 8.11. The molecule has 0 aromatic rings. The lowest BCUT2D eigenvalue weighted by Crippen LogP contribution is -2.28. The van der Waals surface area contributed by atoms with E-state index >= 15 is 0 Å². The van der Waals surface area contributed by atoms with Crippen LogP contribution in [0.5, 0.6) is 0 Å². The van der Waals surface area contributed by atoms with Gasteiger partial charge >= 0.3 is 16.4 Å². The predicted octanol–water partition coefficient (Wildman–Crippen LogP) is 3.48. The van der Waals surface area contributed by atoms with Crippen molar-refractivity contribution in [1.29, 1.82) is 0 Å². The molecule has 0 saturated carbocycles. The zero-order valence-electron chi connectivity index (χ0n) is 10.7. The molecule has 1 rings (SSSR count). The fourth-order valence-corrected chi connectivity index (χ4v) is 4.16. The van der Waals surface area contributed by atoms with E-state index in [1.165, 1.54) is 0 Å². The number of rotatable bonds is 6. The molecule has 0 aromatic heterocycles. The summed E-state index contributed by atoms with van der Waals surface area (Å²) in [6.45, 7) is 8.95. The van der Waals surface area contributed by atoms with Gasteiger partial charge in [0.1, 0.15) is 0 Å². The van der Waals surface area contributed by atoms with E-state index in [0.717, 1.165) is 0 Å². The molecule has 0 N–H and O–H groups in total. The van der Waals surface area contributed by atoms with Gasteiger partial charge in [-0.15, -0.1) is 0 Å². The van der Waals surface area contributed by atoms with E-state index < -0.39 is 16.4 Å². The molecule has 0 radical (unpaired) electrons. The molecule has 8 heteroatoms. The van der Waals surface area contributed by atoms with E-state index in [-0.39, 0.29) is 18.6 Å². The van der Waals surface area contributed by atoms with E-state index in [2.05, 4.69) is 0 Å². The van der Waals surface area contributed by atoms with Gasteiger partial charge in [0.25, 0.3) is 0 Å². The van der Waals surface area contributed by atoms with Crippen LogP contribution >= 0.6 is 16.4 Å². The SMILES string of the molecule is CCOP(=O)(OCC)OP1OCC(C)(C)CO1. The van der Waals surface area contributed by atoms with Crippen LogP contribution in [0.2, 0.25) is 0 Å². The minimum absolute atomic E-state index is 0.0522. The number of phosphoric acid groups is 1. The van der Waals surface area contributed by atoms with E-state index in [9.17, 15) is 4.57 Å². The summed E-state index contributed by atoms with van der Waals surface area (Å²) in [5.41, 5.74) is -0.0522. The van der Waals surface area contributed by atoms with Crippen LogP contribution in [0.15, 0.2) is 0 Å². The molecule has 0 unspecified atom stereocenters. The standard InChI is InChI=1S/C9H20O6P2/c1-5-13-17(10,14-6-2)15-16-11-7-9(3,4)8-12-16/h5-8H2,1-4H3. The third-order valence-electron chi connectivity index (χ3n) is 1.86. The molecule has 0 bridgehead atoms. The fourth-order valence-electron chi connectivity index (χ4n) is 1.06. The Bertz CT molecular complexity index is 263. The third kappa shape index (κ3) is 5.31. The summed E-state index contributed by atoms with van der Waals surface area (Å²) in [6.07, 6.45) is 0. The average Bonchev–Trinajstić information content (AvgIpc) is 2.22.